The molecule has 1 aromatic heterocycles. The second kappa shape index (κ2) is 9.79. The minimum Gasteiger partial charge on any atom is -0.359 e. The monoisotopic (exact) mass is 482 g/mol. The van der Waals surface area contributed by atoms with Gasteiger partial charge in [-0.25, -0.2) is 0 Å². The summed E-state index contributed by atoms with van der Waals surface area (Å²) in [6.45, 7) is 4.63. The normalized spacial score (nSPS) is 12.0. The Balaban J connectivity index is 0.00000338. The van der Waals surface area contributed by atoms with Gasteiger partial charge in [0.2, 0.25) is 0 Å². The lowest BCUT2D eigenvalue weighted by Crippen LogP contribution is -2.36. The first kappa shape index (κ1) is 22.3. The third-order valence-electron chi connectivity index (χ3n) is 3.54. The van der Waals surface area contributed by atoms with Crippen LogP contribution in [0.3, 0.4) is 0 Å². The summed E-state index contributed by atoms with van der Waals surface area (Å²) < 4.78 is 43.4. The van der Waals surface area contributed by atoms with Crippen LogP contribution in [-0.4, -0.2) is 18.2 Å². The number of nitrogens with zero attached hydrogens (tertiary/aromatic N) is 2. The van der Waals surface area contributed by atoms with E-state index in [0.29, 0.717) is 23.8 Å². The molecule has 0 saturated carbocycles. The fraction of sp³-hybridized carbons (Fsp3) is 0.412. The Kier molecular flexibility index (Phi) is 8.38. The Bertz CT molecular complexity index is 729. The van der Waals surface area contributed by atoms with E-state index >= 15 is 0 Å². The van der Waals surface area contributed by atoms with Crippen molar-refractivity contribution in [3.8, 4) is 0 Å². The molecule has 26 heavy (non-hydrogen) atoms. The zero-order chi connectivity index (χ0) is 18.4. The summed E-state index contributed by atoms with van der Waals surface area (Å²) in [5.41, 5.74) is 0.709. The van der Waals surface area contributed by atoms with E-state index in [2.05, 4.69) is 20.8 Å². The summed E-state index contributed by atoms with van der Waals surface area (Å²) in [7, 11) is 1.58. The molecule has 9 heteroatoms. The van der Waals surface area contributed by atoms with Crippen molar-refractivity contribution in [2.75, 3.05) is 7.05 Å². The van der Waals surface area contributed by atoms with Gasteiger partial charge < -0.3 is 15.2 Å². The van der Waals surface area contributed by atoms with Crippen LogP contribution in [0.25, 0.3) is 0 Å². The number of halogens is 4. The SMILES string of the molecule is CN=C(NCc1cccc(C(F)(F)F)c1)NCc1cc(C(C)C)no1.I. The van der Waals surface area contributed by atoms with Crippen LogP contribution in [0, 0.1) is 0 Å². The van der Waals surface area contributed by atoms with Gasteiger partial charge in [-0.2, -0.15) is 13.2 Å². The minimum atomic E-state index is -4.35. The molecular weight excluding hydrogens is 460 g/mol. The molecule has 0 atom stereocenters. The summed E-state index contributed by atoms with van der Waals surface area (Å²) >= 11 is 0. The Morgan fingerprint density at radius 2 is 1.88 bits per heavy atom. The number of guanidine groups is 1. The van der Waals surface area contributed by atoms with E-state index in [0.717, 1.165) is 17.8 Å². The molecule has 144 valence electrons. The molecule has 0 amide bonds. The third-order valence-corrected chi connectivity index (χ3v) is 3.54. The summed E-state index contributed by atoms with van der Waals surface area (Å²) in [5.74, 6) is 1.39. The van der Waals surface area contributed by atoms with Gasteiger partial charge in [-0.05, 0) is 23.6 Å². The lowest BCUT2D eigenvalue weighted by molar-refractivity contribution is -0.137. The topological polar surface area (TPSA) is 62.5 Å². The first-order valence-corrected chi connectivity index (χ1v) is 7.85. The number of alkyl halides is 3. The van der Waals surface area contributed by atoms with Crippen LogP contribution in [0.15, 0.2) is 39.8 Å². The van der Waals surface area contributed by atoms with Crippen LogP contribution < -0.4 is 10.6 Å². The van der Waals surface area contributed by atoms with Crippen LogP contribution in [0.2, 0.25) is 0 Å². The Morgan fingerprint density at radius 3 is 2.46 bits per heavy atom. The maximum Gasteiger partial charge on any atom is 0.416 e. The number of aliphatic imine (C=N–C) groups is 1. The highest BCUT2D eigenvalue weighted by atomic mass is 127. The van der Waals surface area contributed by atoms with Crippen molar-refractivity contribution in [1.82, 2.24) is 15.8 Å². The number of hydrogen-bond acceptors (Lipinski definition) is 3. The number of aromatic nitrogens is 1. The van der Waals surface area contributed by atoms with Gasteiger partial charge in [-0.1, -0.05) is 31.1 Å². The van der Waals surface area contributed by atoms with Gasteiger partial charge in [0.15, 0.2) is 11.7 Å². The van der Waals surface area contributed by atoms with Crippen molar-refractivity contribution in [3.63, 3.8) is 0 Å². The smallest absolute Gasteiger partial charge is 0.359 e. The number of nitrogens with one attached hydrogen (secondary N) is 2. The first-order valence-electron chi connectivity index (χ1n) is 7.85. The Labute approximate surface area is 167 Å². The fourth-order valence-electron chi connectivity index (χ4n) is 2.12. The van der Waals surface area contributed by atoms with E-state index in [1.54, 1.807) is 13.1 Å². The summed E-state index contributed by atoms with van der Waals surface area (Å²) in [5, 5.41) is 9.97. The largest absolute Gasteiger partial charge is 0.416 e. The minimum absolute atomic E-state index is 0. The standard InChI is InChI=1S/C17H21F3N4O.HI/c1-11(2)15-8-14(25-24-15)10-23-16(21-3)22-9-12-5-4-6-13(7-12)17(18,19)20;/h4-8,11H,9-10H2,1-3H3,(H2,21,22,23);1H. The molecule has 0 aliphatic carbocycles. The highest BCUT2D eigenvalue weighted by Gasteiger charge is 2.30. The molecule has 2 aromatic rings. The second-order valence-electron chi connectivity index (χ2n) is 5.85. The predicted molar refractivity (Wildman–Crippen MR) is 104 cm³/mol. The van der Waals surface area contributed by atoms with Crippen molar-refractivity contribution in [3.05, 3.63) is 52.9 Å². The van der Waals surface area contributed by atoms with Crippen LogP contribution in [0.1, 0.15) is 42.3 Å². The maximum absolute atomic E-state index is 12.7. The van der Waals surface area contributed by atoms with Gasteiger partial charge >= 0.3 is 6.18 Å². The van der Waals surface area contributed by atoms with Gasteiger partial charge in [0, 0.05) is 19.7 Å². The predicted octanol–water partition coefficient (Wildman–Crippen LogP) is 4.30. The molecule has 1 aromatic carbocycles. The quantitative estimate of drug-likeness (QED) is 0.379. The zero-order valence-electron chi connectivity index (χ0n) is 14.7. The lowest BCUT2D eigenvalue weighted by atomic mass is 10.1. The number of hydrogen-bond donors (Lipinski definition) is 2. The van der Waals surface area contributed by atoms with E-state index in [1.165, 1.54) is 6.07 Å². The van der Waals surface area contributed by atoms with Gasteiger partial charge in [0.25, 0.3) is 0 Å². The zero-order valence-corrected chi connectivity index (χ0v) is 17.1. The molecule has 0 aliphatic heterocycles. The van der Waals surface area contributed by atoms with Gasteiger partial charge in [-0.3, -0.25) is 4.99 Å². The number of rotatable bonds is 5. The lowest BCUT2D eigenvalue weighted by Gasteiger charge is -2.12. The molecule has 1 heterocycles. The van der Waals surface area contributed by atoms with Gasteiger partial charge in [0.1, 0.15) is 0 Å². The third kappa shape index (κ3) is 6.50. The van der Waals surface area contributed by atoms with Gasteiger partial charge in [-0.15, -0.1) is 24.0 Å². The van der Waals surface area contributed by atoms with Crippen LogP contribution in [0.5, 0.6) is 0 Å². The Hall–Kier alpha value is -1.78. The Morgan fingerprint density at radius 1 is 1.19 bits per heavy atom. The molecule has 0 saturated heterocycles. The van der Waals surface area contributed by atoms with Crippen LogP contribution >= 0.6 is 24.0 Å². The van der Waals surface area contributed by atoms with Crippen molar-refractivity contribution in [1.29, 1.82) is 0 Å². The van der Waals surface area contributed by atoms with Crippen molar-refractivity contribution in [2.24, 2.45) is 4.99 Å². The van der Waals surface area contributed by atoms with Crippen molar-refractivity contribution >= 4 is 29.9 Å². The molecule has 2 N–H and O–H groups in total. The van der Waals surface area contributed by atoms with Gasteiger partial charge in [0.05, 0.1) is 17.8 Å². The van der Waals surface area contributed by atoms with E-state index in [1.807, 2.05) is 19.9 Å². The average Bonchev–Trinajstić information content (AvgIpc) is 3.04. The molecular formula is C17H22F3IN4O. The van der Waals surface area contributed by atoms with E-state index < -0.39 is 11.7 Å². The van der Waals surface area contributed by atoms with Crippen molar-refractivity contribution in [2.45, 2.75) is 39.0 Å². The molecule has 0 aliphatic rings. The van der Waals surface area contributed by atoms with E-state index in [-0.39, 0.29) is 36.4 Å². The molecule has 0 spiro atoms. The number of benzene rings is 1. The molecule has 0 radical (unpaired) electrons. The highest BCUT2D eigenvalue weighted by molar-refractivity contribution is 14.0. The summed E-state index contributed by atoms with van der Waals surface area (Å²) in [6, 6.07) is 7.04. The van der Waals surface area contributed by atoms with Crippen molar-refractivity contribution < 1.29 is 17.7 Å². The molecule has 0 fully saturated rings. The summed E-state index contributed by atoms with van der Waals surface area (Å²) in [6.07, 6.45) is -4.35. The average molecular weight is 482 g/mol. The fourth-order valence-corrected chi connectivity index (χ4v) is 2.12. The molecule has 0 unspecified atom stereocenters. The molecule has 0 bridgehead atoms. The molecule has 5 nitrogen and oxygen atoms in total. The summed E-state index contributed by atoms with van der Waals surface area (Å²) in [4.78, 5) is 4.04. The second-order valence-corrected chi connectivity index (χ2v) is 5.85. The highest BCUT2D eigenvalue weighted by Crippen LogP contribution is 2.29. The molecule has 2 rings (SSSR count). The first-order chi connectivity index (χ1) is 11.8. The van der Waals surface area contributed by atoms with Crippen LogP contribution in [-0.2, 0) is 19.3 Å². The van der Waals surface area contributed by atoms with Crippen LogP contribution in [0.4, 0.5) is 13.2 Å². The van der Waals surface area contributed by atoms with E-state index in [4.69, 9.17) is 4.52 Å². The maximum atomic E-state index is 12.7. The van der Waals surface area contributed by atoms with E-state index in [9.17, 15) is 13.2 Å².